The van der Waals surface area contributed by atoms with Crippen LogP contribution in [-0.4, -0.2) is 51.7 Å². The van der Waals surface area contributed by atoms with Crippen molar-refractivity contribution in [3.63, 3.8) is 0 Å². The number of methoxy groups -OCH3 is 2. The van der Waals surface area contributed by atoms with Crippen LogP contribution in [0.4, 0.5) is 5.69 Å². The molecule has 0 spiro atoms. The molecule has 0 heterocycles. The van der Waals surface area contributed by atoms with Gasteiger partial charge in [-0.1, -0.05) is 0 Å². The second-order valence-corrected chi connectivity index (χ2v) is 6.95. The maximum absolute atomic E-state index is 12.1. The van der Waals surface area contributed by atoms with Gasteiger partial charge in [-0.2, -0.15) is 4.31 Å². The summed E-state index contributed by atoms with van der Waals surface area (Å²) < 4.78 is 34.7. The largest absolute Gasteiger partial charge is 0.497 e. The lowest BCUT2D eigenvalue weighted by molar-refractivity contribution is -0.116. The van der Waals surface area contributed by atoms with Gasteiger partial charge in [-0.05, 0) is 26.0 Å². The highest BCUT2D eigenvalue weighted by atomic mass is 32.2. The molecule has 0 radical (unpaired) electrons. The monoisotopic (exact) mass is 330 g/mol. The molecule has 8 heteroatoms. The highest BCUT2D eigenvalue weighted by Crippen LogP contribution is 2.29. The Labute approximate surface area is 131 Å². The Bertz CT molecular complexity index is 628. The summed E-state index contributed by atoms with van der Waals surface area (Å²) in [6.45, 7) is 3.16. The molecular formula is C14H22N2O5S. The van der Waals surface area contributed by atoms with Gasteiger partial charge in [0.2, 0.25) is 15.9 Å². The molecule has 0 atom stereocenters. The molecule has 0 aliphatic rings. The van der Waals surface area contributed by atoms with Crippen molar-refractivity contribution in [2.45, 2.75) is 19.9 Å². The molecule has 0 bridgehead atoms. The Hall–Kier alpha value is -1.80. The van der Waals surface area contributed by atoms with Gasteiger partial charge in [-0.3, -0.25) is 4.79 Å². The van der Waals surface area contributed by atoms with E-state index in [0.29, 0.717) is 17.2 Å². The number of sulfonamides is 1. The van der Waals surface area contributed by atoms with Crippen LogP contribution in [0.5, 0.6) is 11.5 Å². The average molecular weight is 330 g/mol. The maximum Gasteiger partial charge on any atom is 0.239 e. The Morgan fingerprint density at radius 2 is 1.91 bits per heavy atom. The molecule has 0 saturated heterocycles. The van der Waals surface area contributed by atoms with Gasteiger partial charge in [0, 0.05) is 12.1 Å². The van der Waals surface area contributed by atoms with Crippen molar-refractivity contribution in [3.8, 4) is 11.5 Å². The van der Waals surface area contributed by atoms with Gasteiger partial charge in [-0.25, -0.2) is 8.42 Å². The zero-order valence-electron chi connectivity index (χ0n) is 13.4. The van der Waals surface area contributed by atoms with Gasteiger partial charge in [0.15, 0.2) is 0 Å². The van der Waals surface area contributed by atoms with Gasteiger partial charge >= 0.3 is 0 Å². The fraction of sp³-hybridized carbons (Fsp3) is 0.500. The third kappa shape index (κ3) is 4.88. The van der Waals surface area contributed by atoms with Crippen LogP contribution in [0.1, 0.15) is 13.8 Å². The quantitative estimate of drug-likeness (QED) is 0.815. The van der Waals surface area contributed by atoms with E-state index in [4.69, 9.17) is 9.47 Å². The summed E-state index contributed by atoms with van der Waals surface area (Å²) in [5.41, 5.74) is 0.450. The molecule has 0 unspecified atom stereocenters. The second kappa shape index (κ2) is 7.46. The first kappa shape index (κ1) is 18.2. The van der Waals surface area contributed by atoms with Crippen LogP contribution in [-0.2, 0) is 14.8 Å². The van der Waals surface area contributed by atoms with Crippen LogP contribution in [0.25, 0.3) is 0 Å². The summed E-state index contributed by atoms with van der Waals surface area (Å²) in [6.07, 6.45) is 1.08. The Morgan fingerprint density at radius 3 is 2.36 bits per heavy atom. The number of anilines is 1. The van der Waals surface area contributed by atoms with E-state index in [2.05, 4.69) is 5.32 Å². The molecule has 1 aromatic rings. The lowest BCUT2D eigenvalue weighted by Gasteiger charge is -2.23. The van der Waals surface area contributed by atoms with Crippen molar-refractivity contribution in [2.24, 2.45) is 0 Å². The number of benzene rings is 1. The smallest absolute Gasteiger partial charge is 0.239 e. The van der Waals surface area contributed by atoms with E-state index in [9.17, 15) is 13.2 Å². The van der Waals surface area contributed by atoms with Crippen LogP contribution < -0.4 is 14.8 Å². The SMILES string of the molecule is COc1ccc(NC(=O)CN(C(C)C)S(C)(=O)=O)c(OC)c1. The van der Waals surface area contributed by atoms with Crippen LogP contribution in [0.3, 0.4) is 0 Å². The summed E-state index contributed by atoms with van der Waals surface area (Å²) in [5, 5.41) is 2.64. The van der Waals surface area contributed by atoms with Crippen LogP contribution in [0.2, 0.25) is 0 Å². The fourth-order valence-corrected chi connectivity index (χ4v) is 3.03. The molecular weight excluding hydrogens is 308 g/mol. The number of hydrogen-bond donors (Lipinski definition) is 1. The molecule has 22 heavy (non-hydrogen) atoms. The molecule has 1 aromatic carbocycles. The molecule has 0 fully saturated rings. The molecule has 7 nitrogen and oxygen atoms in total. The molecule has 1 amide bonds. The third-order valence-electron chi connectivity index (χ3n) is 2.98. The van der Waals surface area contributed by atoms with Gasteiger partial charge in [-0.15, -0.1) is 0 Å². The topological polar surface area (TPSA) is 84.9 Å². The van der Waals surface area contributed by atoms with Gasteiger partial charge in [0.05, 0.1) is 32.7 Å². The predicted molar refractivity (Wildman–Crippen MR) is 84.9 cm³/mol. The van der Waals surface area contributed by atoms with Crippen LogP contribution in [0.15, 0.2) is 18.2 Å². The number of nitrogens with zero attached hydrogens (tertiary/aromatic N) is 1. The first-order valence-corrected chi connectivity index (χ1v) is 8.52. The number of ether oxygens (including phenoxy) is 2. The summed E-state index contributed by atoms with van der Waals surface area (Å²) >= 11 is 0. The molecule has 0 aliphatic carbocycles. The number of amides is 1. The standard InChI is InChI=1S/C14H22N2O5S/c1-10(2)16(22(5,18)19)9-14(17)15-12-7-6-11(20-3)8-13(12)21-4/h6-8,10H,9H2,1-5H3,(H,15,17). The fourth-order valence-electron chi connectivity index (χ4n) is 1.92. The van der Waals surface area contributed by atoms with Crippen LogP contribution >= 0.6 is 0 Å². The Kier molecular flexibility index (Phi) is 6.19. The molecule has 1 N–H and O–H groups in total. The molecule has 0 aromatic heterocycles. The normalized spacial score (nSPS) is 11.6. The molecule has 124 valence electrons. The number of rotatable bonds is 7. The van der Waals surface area contributed by atoms with Crippen molar-refractivity contribution in [2.75, 3.05) is 32.3 Å². The van der Waals surface area contributed by atoms with Gasteiger partial charge < -0.3 is 14.8 Å². The van der Waals surface area contributed by atoms with E-state index in [1.807, 2.05) is 0 Å². The summed E-state index contributed by atoms with van der Waals surface area (Å²) in [7, 11) is -0.456. The van der Waals surface area contributed by atoms with E-state index in [1.165, 1.54) is 14.2 Å². The minimum Gasteiger partial charge on any atom is -0.497 e. The number of nitrogens with one attached hydrogen (secondary N) is 1. The average Bonchev–Trinajstić information content (AvgIpc) is 2.43. The lowest BCUT2D eigenvalue weighted by atomic mass is 10.2. The number of hydrogen-bond acceptors (Lipinski definition) is 5. The zero-order chi connectivity index (χ0) is 16.9. The van der Waals surface area contributed by atoms with Gasteiger partial charge in [0.25, 0.3) is 0 Å². The van der Waals surface area contributed by atoms with E-state index < -0.39 is 15.9 Å². The highest BCUT2D eigenvalue weighted by Gasteiger charge is 2.23. The van der Waals surface area contributed by atoms with Gasteiger partial charge in [0.1, 0.15) is 11.5 Å². The predicted octanol–water partition coefficient (Wildman–Crippen LogP) is 1.31. The summed E-state index contributed by atoms with van der Waals surface area (Å²) in [5.74, 6) is 0.584. The van der Waals surface area contributed by atoms with Crippen molar-refractivity contribution in [3.05, 3.63) is 18.2 Å². The summed E-state index contributed by atoms with van der Waals surface area (Å²) in [4.78, 5) is 12.1. The van der Waals surface area contributed by atoms with E-state index in [-0.39, 0.29) is 12.6 Å². The van der Waals surface area contributed by atoms with Crippen molar-refractivity contribution in [1.29, 1.82) is 0 Å². The third-order valence-corrected chi connectivity index (χ3v) is 4.39. The first-order valence-electron chi connectivity index (χ1n) is 6.67. The number of carbonyl (C=O) groups excluding carboxylic acids is 1. The second-order valence-electron chi connectivity index (χ2n) is 5.02. The molecule has 1 rings (SSSR count). The molecule has 0 saturated carbocycles. The first-order chi connectivity index (χ1) is 10.2. The van der Waals surface area contributed by atoms with E-state index in [1.54, 1.807) is 32.0 Å². The highest BCUT2D eigenvalue weighted by molar-refractivity contribution is 7.88. The van der Waals surface area contributed by atoms with E-state index >= 15 is 0 Å². The number of carbonyl (C=O) groups is 1. The van der Waals surface area contributed by atoms with Crippen molar-refractivity contribution < 1.29 is 22.7 Å². The van der Waals surface area contributed by atoms with Crippen molar-refractivity contribution >= 4 is 21.6 Å². The van der Waals surface area contributed by atoms with Crippen LogP contribution in [0, 0.1) is 0 Å². The maximum atomic E-state index is 12.1. The Morgan fingerprint density at radius 1 is 1.27 bits per heavy atom. The van der Waals surface area contributed by atoms with E-state index in [0.717, 1.165) is 10.6 Å². The minimum atomic E-state index is -3.46. The Balaban J connectivity index is 2.89. The zero-order valence-corrected chi connectivity index (χ0v) is 14.2. The minimum absolute atomic E-state index is 0.258. The summed E-state index contributed by atoms with van der Waals surface area (Å²) in [6, 6.07) is 4.63. The molecule has 0 aliphatic heterocycles. The van der Waals surface area contributed by atoms with Crippen molar-refractivity contribution in [1.82, 2.24) is 4.31 Å². The lowest BCUT2D eigenvalue weighted by Crippen LogP contribution is -2.41.